The van der Waals surface area contributed by atoms with Crippen LogP contribution in [0.3, 0.4) is 0 Å². The van der Waals surface area contributed by atoms with Gasteiger partial charge in [0.15, 0.2) is 0 Å². The standard InChI is InChI=1S/C18H42N8O4/c19-5-7-21-9-11-23-13-15-25-29-17(27)3-1-2-4-18(28)30-26-16-14-24-12-10-22-8-6-20/h21-26H,1-16,19-20H2. The highest BCUT2D eigenvalue weighted by Crippen LogP contribution is 2.01. The van der Waals surface area contributed by atoms with Crippen molar-refractivity contribution in [3.8, 4) is 0 Å². The van der Waals surface area contributed by atoms with Crippen molar-refractivity contribution in [1.29, 1.82) is 0 Å². The zero-order valence-corrected chi connectivity index (χ0v) is 18.1. The highest BCUT2D eigenvalue weighted by atomic mass is 16.7. The second kappa shape index (κ2) is 23.9. The Balaban J connectivity index is 3.29. The summed E-state index contributed by atoms with van der Waals surface area (Å²) in [4.78, 5) is 33.0. The first kappa shape index (κ1) is 28.6. The van der Waals surface area contributed by atoms with Crippen LogP contribution >= 0.6 is 0 Å². The van der Waals surface area contributed by atoms with Crippen molar-refractivity contribution in [2.24, 2.45) is 11.5 Å². The van der Waals surface area contributed by atoms with Crippen LogP contribution in [-0.4, -0.2) is 90.5 Å². The van der Waals surface area contributed by atoms with E-state index in [1.165, 1.54) is 0 Å². The SMILES string of the molecule is NCCNCCNCCNOC(=O)CCCCC(=O)ONCCNCCNCCN. The molecule has 178 valence electrons. The summed E-state index contributed by atoms with van der Waals surface area (Å²) >= 11 is 0. The van der Waals surface area contributed by atoms with Gasteiger partial charge in [0.25, 0.3) is 0 Å². The molecule has 0 unspecified atom stereocenters. The van der Waals surface area contributed by atoms with Crippen LogP contribution in [0.25, 0.3) is 0 Å². The van der Waals surface area contributed by atoms with Crippen LogP contribution in [-0.2, 0) is 19.3 Å². The highest BCUT2D eigenvalue weighted by molar-refractivity contribution is 5.70. The number of nitrogens with two attached hydrogens (primary N) is 2. The minimum Gasteiger partial charge on any atom is -0.371 e. The van der Waals surface area contributed by atoms with Crippen LogP contribution < -0.4 is 43.7 Å². The molecule has 0 bridgehead atoms. The molecule has 0 aromatic heterocycles. The molecule has 0 saturated carbocycles. The number of nitrogens with one attached hydrogen (secondary N) is 6. The Morgan fingerprint density at radius 2 is 0.867 bits per heavy atom. The fourth-order valence-electron chi connectivity index (χ4n) is 2.24. The first-order valence-corrected chi connectivity index (χ1v) is 10.8. The maximum absolute atomic E-state index is 11.6. The van der Waals surface area contributed by atoms with Crippen LogP contribution in [0.2, 0.25) is 0 Å². The summed E-state index contributed by atoms with van der Waals surface area (Å²) in [6, 6.07) is 0. The molecule has 12 heteroatoms. The normalized spacial score (nSPS) is 10.9. The van der Waals surface area contributed by atoms with Gasteiger partial charge in [-0.3, -0.25) is 9.59 Å². The largest absolute Gasteiger partial charge is 0.371 e. The molecule has 0 rings (SSSR count). The van der Waals surface area contributed by atoms with E-state index in [0.717, 1.165) is 39.3 Å². The Bertz CT molecular complexity index is 368. The van der Waals surface area contributed by atoms with E-state index in [2.05, 4.69) is 32.2 Å². The molecule has 12 nitrogen and oxygen atoms in total. The molecule has 0 amide bonds. The number of hydrogen-bond donors (Lipinski definition) is 8. The van der Waals surface area contributed by atoms with E-state index in [4.69, 9.17) is 21.1 Å². The summed E-state index contributed by atoms with van der Waals surface area (Å²) < 4.78 is 0. The van der Waals surface area contributed by atoms with Crippen LogP contribution in [0.5, 0.6) is 0 Å². The van der Waals surface area contributed by atoms with Crippen molar-refractivity contribution in [2.45, 2.75) is 25.7 Å². The minimum atomic E-state index is -0.335. The molecule has 0 saturated heterocycles. The Hall–Kier alpha value is -1.38. The van der Waals surface area contributed by atoms with Crippen LogP contribution in [0, 0.1) is 0 Å². The second-order valence-electron chi connectivity index (χ2n) is 6.52. The fourth-order valence-corrected chi connectivity index (χ4v) is 2.24. The molecule has 0 aliphatic carbocycles. The van der Waals surface area contributed by atoms with Gasteiger partial charge in [0, 0.05) is 91.4 Å². The molecular formula is C18H42N8O4. The summed E-state index contributed by atoms with van der Waals surface area (Å²) in [7, 11) is 0. The van der Waals surface area contributed by atoms with Crippen molar-refractivity contribution >= 4 is 11.9 Å². The van der Waals surface area contributed by atoms with E-state index in [9.17, 15) is 9.59 Å². The molecule has 0 atom stereocenters. The quantitative estimate of drug-likeness (QED) is 0.0602. The van der Waals surface area contributed by atoms with Crippen LogP contribution in [0.4, 0.5) is 0 Å². The van der Waals surface area contributed by atoms with E-state index in [1.807, 2.05) is 0 Å². The lowest BCUT2D eigenvalue weighted by Gasteiger charge is -2.08. The Morgan fingerprint density at radius 3 is 1.23 bits per heavy atom. The number of hydrogen-bond acceptors (Lipinski definition) is 12. The van der Waals surface area contributed by atoms with Crippen molar-refractivity contribution < 1.29 is 19.3 Å². The average Bonchev–Trinajstić information content (AvgIpc) is 2.74. The van der Waals surface area contributed by atoms with Crippen molar-refractivity contribution in [3.63, 3.8) is 0 Å². The lowest BCUT2D eigenvalue weighted by Crippen LogP contribution is -2.34. The molecule has 0 aliphatic heterocycles. The molecule has 0 fully saturated rings. The predicted octanol–water partition coefficient (Wildman–Crippen LogP) is -3.08. The van der Waals surface area contributed by atoms with Gasteiger partial charge in [0.1, 0.15) is 0 Å². The first-order chi connectivity index (χ1) is 14.7. The fraction of sp³-hybridized carbons (Fsp3) is 0.889. The van der Waals surface area contributed by atoms with Crippen molar-refractivity contribution in [1.82, 2.24) is 32.2 Å². The van der Waals surface area contributed by atoms with Crippen molar-refractivity contribution in [3.05, 3.63) is 0 Å². The Kier molecular flexibility index (Phi) is 22.8. The van der Waals surface area contributed by atoms with Gasteiger partial charge < -0.3 is 42.4 Å². The molecule has 0 heterocycles. The average molecular weight is 435 g/mol. The molecule has 0 radical (unpaired) electrons. The van der Waals surface area contributed by atoms with Gasteiger partial charge >= 0.3 is 11.9 Å². The number of carbonyl (C=O) groups is 2. The summed E-state index contributed by atoms with van der Waals surface area (Å²) in [6.45, 7) is 8.64. The molecule has 30 heavy (non-hydrogen) atoms. The summed E-state index contributed by atoms with van der Waals surface area (Å²) in [5, 5.41) is 12.7. The van der Waals surface area contributed by atoms with Crippen molar-refractivity contribution in [2.75, 3.05) is 78.5 Å². The number of unbranched alkanes of at least 4 members (excludes halogenated alkanes) is 1. The smallest absolute Gasteiger partial charge is 0.324 e. The van der Waals surface area contributed by atoms with Gasteiger partial charge in [-0.25, -0.2) is 0 Å². The molecule has 10 N–H and O–H groups in total. The maximum Gasteiger partial charge on any atom is 0.324 e. The monoisotopic (exact) mass is 434 g/mol. The van der Waals surface area contributed by atoms with Gasteiger partial charge in [0.2, 0.25) is 0 Å². The topological polar surface area (TPSA) is 177 Å². The molecule has 0 aromatic rings. The Labute approximate surface area is 179 Å². The lowest BCUT2D eigenvalue weighted by atomic mass is 10.2. The van der Waals surface area contributed by atoms with Gasteiger partial charge in [-0.15, -0.1) is 0 Å². The molecule has 0 aliphatic rings. The summed E-state index contributed by atoms with van der Waals surface area (Å²) in [5.74, 6) is -0.670. The van der Waals surface area contributed by atoms with E-state index in [1.54, 1.807) is 0 Å². The van der Waals surface area contributed by atoms with Gasteiger partial charge in [-0.05, 0) is 12.8 Å². The molecule has 0 spiro atoms. The zero-order chi connectivity index (χ0) is 22.1. The van der Waals surface area contributed by atoms with Gasteiger partial charge in [-0.2, -0.15) is 11.0 Å². The molecule has 0 aromatic carbocycles. The first-order valence-electron chi connectivity index (χ1n) is 10.8. The number of carbonyl (C=O) groups excluding carboxylic acids is 2. The molecular weight excluding hydrogens is 392 g/mol. The lowest BCUT2D eigenvalue weighted by molar-refractivity contribution is -0.153. The number of rotatable bonds is 23. The van der Waals surface area contributed by atoms with Gasteiger partial charge in [0.05, 0.1) is 0 Å². The number of hydroxylamine groups is 2. The van der Waals surface area contributed by atoms with E-state index >= 15 is 0 Å². The van der Waals surface area contributed by atoms with Crippen LogP contribution in [0.1, 0.15) is 25.7 Å². The third-order valence-electron chi connectivity index (χ3n) is 3.79. The van der Waals surface area contributed by atoms with Gasteiger partial charge in [-0.1, -0.05) is 0 Å². The van der Waals surface area contributed by atoms with Crippen LogP contribution in [0.15, 0.2) is 0 Å². The summed E-state index contributed by atoms with van der Waals surface area (Å²) in [5.41, 5.74) is 16.0. The highest BCUT2D eigenvalue weighted by Gasteiger charge is 2.06. The third kappa shape index (κ3) is 22.9. The van der Waals surface area contributed by atoms with E-state index in [0.29, 0.717) is 52.1 Å². The summed E-state index contributed by atoms with van der Waals surface area (Å²) in [6.07, 6.45) is 1.65. The Morgan fingerprint density at radius 1 is 0.533 bits per heavy atom. The minimum absolute atomic E-state index is 0.256. The van der Waals surface area contributed by atoms with E-state index < -0.39 is 0 Å². The zero-order valence-electron chi connectivity index (χ0n) is 18.1. The van der Waals surface area contributed by atoms with E-state index in [-0.39, 0.29) is 24.8 Å². The third-order valence-corrected chi connectivity index (χ3v) is 3.79. The predicted molar refractivity (Wildman–Crippen MR) is 116 cm³/mol. The maximum atomic E-state index is 11.6. The second-order valence-corrected chi connectivity index (χ2v) is 6.52.